The summed E-state index contributed by atoms with van der Waals surface area (Å²) in [5, 5.41) is 16.0. The summed E-state index contributed by atoms with van der Waals surface area (Å²) < 4.78 is 5.04. The second-order valence-electron chi connectivity index (χ2n) is 2.68. The first-order valence-corrected chi connectivity index (χ1v) is 3.86. The number of hydrogen-bond acceptors (Lipinski definition) is 5. The summed E-state index contributed by atoms with van der Waals surface area (Å²) in [4.78, 5) is 13.1. The van der Waals surface area contributed by atoms with Gasteiger partial charge in [0.25, 0.3) is 0 Å². The van der Waals surface area contributed by atoms with Crippen LogP contribution in [0.25, 0.3) is 0 Å². The highest BCUT2D eigenvalue weighted by molar-refractivity contribution is 5.62. The quantitative estimate of drug-likeness (QED) is 0.409. The van der Waals surface area contributed by atoms with Gasteiger partial charge in [0.05, 0.1) is 12.6 Å². The van der Waals surface area contributed by atoms with Crippen molar-refractivity contribution in [3.05, 3.63) is 0 Å². The number of amides is 1. The first-order valence-electron chi connectivity index (χ1n) is 3.86. The van der Waals surface area contributed by atoms with E-state index >= 15 is 0 Å². The Morgan fingerprint density at radius 1 is 1.77 bits per heavy atom. The van der Waals surface area contributed by atoms with Gasteiger partial charge in [0.1, 0.15) is 16.7 Å². The first-order chi connectivity index (χ1) is 6.24. The molecule has 1 amide bonds. The van der Waals surface area contributed by atoms with E-state index in [9.17, 15) is 9.90 Å². The standard InChI is InChI=1S/C6H10N4O3/c7-10-9-4-1-2-13-3-5(4)8-6(11)12/h4-5,7-8H,1-3H2/t4-,5+/m1/s1. The number of carbonyl (C=O) groups is 1. The summed E-state index contributed by atoms with van der Waals surface area (Å²) in [6.07, 6.45) is -0.798. The van der Waals surface area contributed by atoms with E-state index < -0.39 is 12.1 Å². The maximum Gasteiger partial charge on any atom is 0.214 e. The molecule has 1 aliphatic heterocycles. The molecule has 0 aliphatic carbocycles. The van der Waals surface area contributed by atoms with Crippen LogP contribution in [0.2, 0.25) is 0 Å². The molecule has 1 aliphatic rings. The van der Waals surface area contributed by atoms with E-state index in [0.717, 1.165) is 0 Å². The van der Waals surface area contributed by atoms with Crippen molar-refractivity contribution in [3.8, 4) is 0 Å². The number of ether oxygens (including phenoxy) is 1. The van der Waals surface area contributed by atoms with Crippen LogP contribution in [0.15, 0.2) is 5.11 Å². The second-order valence-corrected chi connectivity index (χ2v) is 2.68. The minimum Gasteiger partial charge on any atom is -0.530 e. The van der Waals surface area contributed by atoms with Crippen LogP contribution in [-0.4, -0.2) is 31.4 Å². The molecule has 1 rings (SSSR count). The van der Waals surface area contributed by atoms with E-state index in [1.54, 1.807) is 0 Å². The molecule has 7 nitrogen and oxygen atoms in total. The van der Waals surface area contributed by atoms with Gasteiger partial charge in [-0.1, -0.05) is 0 Å². The first kappa shape index (κ1) is 9.63. The van der Waals surface area contributed by atoms with Gasteiger partial charge in [0.2, 0.25) is 4.91 Å². The maximum absolute atomic E-state index is 10.2. The molecular formula is C6H10N4O3. The second kappa shape index (κ2) is 4.54. The van der Waals surface area contributed by atoms with E-state index in [1.165, 1.54) is 0 Å². The topological polar surface area (TPSA) is 112 Å². The van der Waals surface area contributed by atoms with Gasteiger partial charge in [-0.15, -0.1) is 0 Å². The lowest BCUT2D eigenvalue weighted by Crippen LogP contribution is -2.52. The average Bonchev–Trinajstić information content (AvgIpc) is 2.08. The van der Waals surface area contributed by atoms with E-state index in [2.05, 4.69) is 15.3 Å². The molecule has 0 aromatic rings. The summed E-state index contributed by atoms with van der Waals surface area (Å²) in [5.41, 5.74) is 6.54. The molecule has 0 bridgehead atoms. The third kappa shape index (κ3) is 2.81. The molecule has 0 saturated carbocycles. The smallest absolute Gasteiger partial charge is 0.214 e. The van der Waals surface area contributed by atoms with Crippen molar-refractivity contribution >= 4 is 6.09 Å². The Hall–Kier alpha value is -1.46. The molecule has 2 N–H and O–H groups in total. The minimum atomic E-state index is -1.36. The van der Waals surface area contributed by atoms with Crippen LogP contribution in [0, 0.1) is 5.53 Å². The van der Waals surface area contributed by atoms with Crippen molar-refractivity contribution < 1.29 is 14.6 Å². The van der Waals surface area contributed by atoms with Crippen LogP contribution in [0.5, 0.6) is 0 Å². The molecule has 1 saturated heterocycles. The summed E-state index contributed by atoms with van der Waals surface area (Å²) >= 11 is 0. The van der Waals surface area contributed by atoms with Gasteiger partial charge < -0.3 is 20.0 Å². The van der Waals surface area contributed by atoms with Crippen LogP contribution >= 0.6 is 0 Å². The Labute approximate surface area is 74.3 Å². The Morgan fingerprint density at radius 3 is 3.15 bits per heavy atom. The van der Waals surface area contributed by atoms with Crippen LogP contribution in [0.4, 0.5) is 4.79 Å². The summed E-state index contributed by atoms with van der Waals surface area (Å²) in [7, 11) is 0. The van der Waals surface area contributed by atoms with Crippen molar-refractivity contribution in [2.24, 2.45) is 5.11 Å². The lowest BCUT2D eigenvalue weighted by molar-refractivity contribution is -0.252. The Morgan fingerprint density at radius 2 is 2.54 bits per heavy atom. The lowest BCUT2D eigenvalue weighted by atomic mass is 10.1. The highest BCUT2D eigenvalue weighted by Crippen LogP contribution is 2.10. The third-order valence-corrected chi connectivity index (χ3v) is 1.83. The third-order valence-electron chi connectivity index (χ3n) is 1.83. The van der Waals surface area contributed by atoms with Crippen LogP contribution in [0.3, 0.4) is 0 Å². The van der Waals surface area contributed by atoms with Gasteiger partial charge in [-0.3, -0.25) is 0 Å². The zero-order valence-electron chi connectivity index (χ0n) is 6.90. The summed E-state index contributed by atoms with van der Waals surface area (Å²) in [5.74, 6) is 0. The molecule has 13 heavy (non-hydrogen) atoms. The van der Waals surface area contributed by atoms with Crippen molar-refractivity contribution in [3.63, 3.8) is 0 Å². The fourth-order valence-corrected chi connectivity index (χ4v) is 1.23. The van der Waals surface area contributed by atoms with Crippen molar-refractivity contribution in [2.75, 3.05) is 13.2 Å². The molecule has 2 atom stereocenters. The number of carboxylic acid groups (broad SMARTS) is 1. The number of carbonyl (C=O) groups excluding carboxylic acids is 1. The highest BCUT2D eigenvalue weighted by atomic mass is 16.5. The predicted molar refractivity (Wildman–Crippen MR) is 38.8 cm³/mol. The fraction of sp³-hybridized carbons (Fsp3) is 0.833. The van der Waals surface area contributed by atoms with Crippen molar-refractivity contribution in [1.82, 2.24) is 10.2 Å². The van der Waals surface area contributed by atoms with Crippen molar-refractivity contribution in [2.45, 2.75) is 18.5 Å². The minimum absolute atomic E-state index is 0.248. The Kier molecular flexibility index (Phi) is 3.36. The lowest BCUT2D eigenvalue weighted by Gasteiger charge is -2.26. The predicted octanol–water partition coefficient (Wildman–Crippen LogP) is -1.37. The van der Waals surface area contributed by atoms with Crippen LogP contribution < -0.4 is 15.3 Å². The highest BCUT2D eigenvalue weighted by Gasteiger charge is 2.29. The fourth-order valence-electron chi connectivity index (χ4n) is 1.23. The van der Waals surface area contributed by atoms with Gasteiger partial charge in [0, 0.05) is 13.0 Å². The molecule has 1 fully saturated rings. The Balaban J connectivity index is 2.55. The summed E-state index contributed by atoms with van der Waals surface area (Å²) in [6, 6.07) is -0.767. The Bertz CT molecular complexity index is 238. The molecule has 72 valence electrons. The normalized spacial score (nSPS) is 27.4. The average molecular weight is 186 g/mol. The van der Waals surface area contributed by atoms with E-state index in [4.69, 9.17) is 10.3 Å². The summed E-state index contributed by atoms with van der Waals surface area (Å²) in [6.45, 7) is 0.757. The zero-order valence-corrected chi connectivity index (χ0v) is 6.90. The zero-order chi connectivity index (χ0) is 9.68. The number of nitrogens with one attached hydrogen (secondary N) is 2. The van der Waals surface area contributed by atoms with E-state index in [0.29, 0.717) is 13.0 Å². The van der Waals surface area contributed by atoms with E-state index in [-0.39, 0.29) is 12.6 Å². The molecule has 0 spiro atoms. The maximum atomic E-state index is 10.2. The molecule has 0 aromatic carbocycles. The monoisotopic (exact) mass is 186 g/mol. The number of nitrogens with zero attached hydrogens (tertiary/aromatic N) is 2. The largest absolute Gasteiger partial charge is 0.530 e. The van der Waals surface area contributed by atoms with Crippen LogP contribution in [0.1, 0.15) is 6.42 Å². The van der Waals surface area contributed by atoms with Gasteiger partial charge in [-0.05, 0) is 0 Å². The van der Waals surface area contributed by atoms with Gasteiger partial charge in [-0.2, -0.15) is 0 Å². The molecular weight excluding hydrogens is 176 g/mol. The molecule has 0 unspecified atom stereocenters. The van der Waals surface area contributed by atoms with Crippen molar-refractivity contribution in [1.29, 1.82) is 5.53 Å². The molecule has 7 heteroatoms. The van der Waals surface area contributed by atoms with Gasteiger partial charge >= 0.3 is 0 Å². The number of rotatable bonds is 2. The molecule has 1 heterocycles. The molecule has 0 aromatic heterocycles. The number of hydrogen-bond donors (Lipinski definition) is 2. The molecule has 0 radical (unpaired) electrons. The van der Waals surface area contributed by atoms with Gasteiger partial charge in [0.15, 0.2) is 6.04 Å². The van der Waals surface area contributed by atoms with Gasteiger partial charge in [-0.25, -0.2) is 0 Å². The SMILES string of the molecule is N=[N+]=N[C@@H]1CCOC[C@@H]1NC(=O)[O-]. The van der Waals surface area contributed by atoms with E-state index in [1.807, 2.05) is 0 Å². The van der Waals surface area contributed by atoms with Crippen LogP contribution in [-0.2, 0) is 4.74 Å².